The van der Waals surface area contributed by atoms with Gasteiger partial charge in [-0.3, -0.25) is 4.79 Å². The number of rotatable bonds is 3. The van der Waals surface area contributed by atoms with Crippen molar-refractivity contribution >= 4 is 11.9 Å². The number of amides is 1. The zero-order valence-electron chi connectivity index (χ0n) is 9.55. The summed E-state index contributed by atoms with van der Waals surface area (Å²) in [5.41, 5.74) is -0.929. The quantitative estimate of drug-likeness (QED) is 0.853. The highest BCUT2D eigenvalue weighted by Gasteiger charge is 2.49. The molecule has 1 aliphatic rings. The van der Waals surface area contributed by atoms with E-state index >= 15 is 0 Å². The molecule has 1 amide bonds. The van der Waals surface area contributed by atoms with Crippen molar-refractivity contribution < 1.29 is 19.2 Å². The summed E-state index contributed by atoms with van der Waals surface area (Å²) in [7, 11) is 0. The van der Waals surface area contributed by atoms with Crippen molar-refractivity contribution in [3.05, 3.63) is 18.0 Å². The fourth-order valence-corrected chi connectivity index (χ4v) is 2.38. The molecular weight excluding hydrogens is 224 g/mol. The van der Waals surface area contributed by atoms with Gasteiger partial charge in [0.25, 0.3) is 5.91 Å². The first kappa shape index (κ1) is 11.6. The summed E-state index contributed by atoms with van der Waals surface area (Å²) in [4.78, 5) is 24.9. The van der Waals surface area contributed by atoms with E-state index in [1.54, 1.807) is 6.92 Å². The molecule has 1 aromatic rings. The SMILES string of the molecule is CCC1(C(=O)O)CCCN1C(=O)c1ccon1. The molecule has 0 radical (unpaired) electrons. The Morgan fingerprint density at radius 2 is 2.41 bits per heavy atom. The van der Waals surface area contributed by atoms with E-state index < -0.39 is 11.5 Å². The van der Waals surface area contributed by atoms with E-state index in [-0.39, 0.29) is 11.6 Å². The van der Waals surface area contributed by atoms with Crippen LogP contribution in [-0.4, -0.2) is 39.1 Å². The average molecular weight is 238 g/mol. The molecule has 6 heteroatoms. The average Bonchev–Trinajstić information content (AvgIpc) is 2.97. The molecule has 1 saturated heterocycles. The van der Waals surface area contributed by atoms with Crippen LogP contribution in [0.3, 0.4) is 0 Å². The topological polar surface area (TPSA) is 83.6 Å². The van der Waals surface area contributed by atoms with Gasteiger partial charge >= 0.3 is 5.97 Å². The maximum Gasteiger partial charge on any atom is 0.329 e. The molecule has 0 aromatic carbocycles. The monoisotopic (exact) mass is 238 g/mol. The van der Waals surface area contributed by atoms with E-state index in [0.29, 0.717) is 25.8 Å². The summed E-state index contributed by atoms with van der Waals surface area (Å²) < 4.78 is 4.61. The number of hydrogen-bond donors (Lipinski definition) is 1. The van der Waals surface area contributed by atoms with Gasteiger partial charge in [-0.15, -0.1) is 0 Å². The summed E-state index contributed by atoms with van der Waals surface area (Å²) in [6.07, 6.45) is 2.88. The van der Waals surface area contributed by atoms with Crippen molar-refractivity contribution in [2.45, 2.75) is 31.7 Å². The van der Waals surface area contributed by atoms with Crippen molar-refractivity contribution in [1.82, 2.24) is 10.1 Å². The van der Waals surface area contributed by atoms with Crippen LogP contribution < -0.4 is 0 Å². The highest BCUT2D eigenvalue weighted by atomic mass is 16.5. The lowest BCUT2D eigenvalue weighted by molar-refractivity contribution is -0.148. The lowest BCUT2D eigenvalue weighted by atomic mass is 9.93. The van der Waals surface area contributed by atoms with E-state index in [4.69, 9.17) is 0 Å². The molecule has 2 heterocycles. The van der Waals surface area contributed by atoms with Gasteiger partial charge in [-0.25, -0.2) is 4.79 Å². The molecule has 1 fully saturated rings. The smallest absolute Gasteiger partial charge is 0.329 e. The maximum absolute atomic E-state index is 12.1. The van der Waals surface area contributed by atoms with Gasteiger partial charge in [-0.05, 0) is 19.3 Å². The van der Waals surface area contributed by atoms with Gasteiger partial charge in [-0.1, -0.05) is 12.1 Å². The Balaban J connectivity index is 2.31. The largest absolute Gasteiger partial charge is 0.479 e. The van der Waals surface area contributed by atoms with Crippen LogP contribution in [0.25, 0.3) is 0 Å². The first-order valence-electron chi connectivity index (χ1n) is 5.57. The molecule has 1 N–H and O–H groups in total. The second-order valence-corrected chi connectivity index (χ2v) is 4.14. The van der Waals surface area contributed by atoms with Gasteiger partial charge in [0, 0.05) is 12.6 Å². The molecule has 0 spiro atoms. The zero-order chi connectivity index (χ0) is 12.5. The van der Waals surface area contributed by atoms with Crippen LogP contribution in [0.4, 0.5) is 0 Å². The minimum Gasteiger partial charge on any atom is -0.479 e. The molecule has 0 saturated carbocycles. The third-order valence-corrected chi connectivity index (χ3v) is 3.37. The van der Waals surface area contributed by atoms with Crippen molar-refractivity contribution in [3.8, 4) is 0 Å². The first-order chi connectivity index (χ1) is 8.12. The summed E-state index contributed by atoms with van der Waals surface area (Å²) in [5, 5.41) is 12.9. The highest BCUT2D eigenvalue weighted by Crippen LogP contribution is 2.33. The van der Waals surface area contributed by atoms with Crippen LogP contribution in [-0.2, 0) is 4.79 Å². The summed E-state index contributed by atoms with van der Waals surface area (Å²) >= 11 is 0. The van der Waals surface area contributed by atoms with Crippen LogP contribution in [0.2, 0.25) is 0 Å². The van der Waals surface area contributed by atoms with Crippen LogP contribution in [0.15, 0.2) is 16.9 Å². The fourth-order valence-electron chi connectivity index (χ4n) is 2.38. The number of carboxylic acid groups (broad SMARTS) is 1. The molecule has 17 heavy (non-hydrogen) atoms. The van der Waals surface area contributed by atoms with Crippen molar-refractivity contribution in [3.63, 3.8) is 0 Å². The minimum absolute atomic E-state index is 0.158. The van der Waals surface area contributed by atoms with Crippen LogP contribution in [0.1, 0.15) is 36.7 Å². The predicted octanol–water partition coefficient (Wildman–Crippen LogP) is 1.14. The third kappa shape index (κ3) is 1.69. The number of hydrogen-bond acceptors (Lipinski definition) is 4. The number of aliphatic carboxylic acids is 1. The zero-order valence-corrected chi connectivity index (χ0v) is 9.55. The summed E-state index contributed by atoms with van der Waals surface area (Å²) in [5.74, 6) is -1.32. The van der Waals surface area contributed by atoms with E-state index in [0.717, 1.165) is 0 Å². The predicted molar refractivity (Wildman–Crippen MR) is 57.4 cm³/mol. The van der Waals surface area contributed by atoms with Crippen molar-refractivity contribution in [1.29, 1.82) is 0 Å². The Bertz CT molecular complexity index is 429. The number of likely N-dealkylation sites (tertiary alicyclic amines) is 1. The Morgan fingerprint density at radius 1 is 1.65 bits per heavy atom. The second-order valence-electron chi connectivity index (χ2n) is 4.14. The van der Waals surface area contributed by atoms with E-state index in [2.05, 4.69) is 9.68 Å². The first-order valence-corrected chi connectivity index (χ1v) is 5.57. The van der Waals surface area contributed by atoms with Gasteiger partial charge in [0.1, 0.15) is 11.8 Å². The Kier molecular flexibility index (Phi) is 2.87. The second kappa shape index (κ2) is 4.20. The molecule has 0 bridgehead atoms. The lowest BCUT2D eigenvalue weighted by Gasteiger charge is -2.33. The van der Waals surface area contributed by atoms with Gasteiger partial charge in [0.05, 0.1) is 0 Å². The third-order valence-electron chi connectivity index (χ3n) is 3.37. The normalized spacial score (nSPS) is 23.9. The number of nitrogens with zero attached hydrogens (tertiary/aromatic N) is 2. The van der Waals surface area contributed by atoms with Gasteiger partial charge in [0.15, 0.2) is 5.69 Å². The van der Waals surface area contributed by atoms with Crippen molar-refractivity contribution in [2.24, 2.45) is 0 Å². The Morgan fingerprint density at radius 3 is 2.94 bits per heavy atom. The van der Waals surface area contributed by atoms with Crippen molar-refractivity contribution in [2.75, 3.05) is 6.54 Å². The molecule has 1 aliphatic heterocycles. The van der Waals surface area contributed by atoms with Crippen LogP contribution in [0, 0.1) is 0 Å². The van der Waals surface area contributed by atoms with Crippen LogP contribution >= 0.6 is 0 Å². The standard InChI is InChI=1S/C11H14N2O4/c1-2-11(10(15)16)5-3-6-13(11)9(14)8-4-7-17-12-8/h4,7H,2-3,5-6H2,1H3,(H,15,16). The lowest BCUT2D eigenvalue weighted by Crippen LogP contribution is -2.52. The molecule has 2 rings (SSSR count). The summed E-state index contributed by atoms with van der Waals surface area (Å²) in [6, 6.07) is 1.45. The van der Waals surface area contributed by atoms with Gasteiger partial charge < -0.3 is 14.5 Å². The molecule has 1 aromatic heterocycles. The van der Waals surface area contributed by atoms with Gasteiger partial charge in [0.2, 0.25) is 0 Å². The minimum atomic E-state index is -1.09. The number of carbonyl (C=O) groups is 2. The fraction of sp³-hybridized carbons (Fsp3) is 0.545. The maximum atomic E-state index is 12.1. The molecule has 1 unspecified atom stereocenters. The molecule has 0 aliphatic carbocycles. The molecule has 92 valence electrons. The number of carboxylic acids is 1. The Labute approximate surface area is 98.2 Å². The van der Waals surface area contributed by atoms with Crippen LogP contribution in [0.5, 0.6) is 0 Å². The number of carbonyl (C=O) groups excluding carboxylic acids is 1. The number of aromatic nitrogens is 1. The molecule has 1 atom stereocenters. The highest BCUT2D eigenvalue weighted by molar-refractivity contribution is 5.96. The Hall–Kier alpha value is -1.85. The van der Waals surface area contributed by atoms with E-state index in [1.807, 2.05) is 0 Å². The van der Waals surface area contributed by atoms with E-state index in [1.165, 1.54) is 17.2 Å². The van der Waals surface area contributed by atoms with Gasteiger partial charge in [-0.2, -0.15) is 0 Å². The molecule has 6 nitrogen and oxygen atoms in total. The molecular formula is C11H14N2O4. The summed E-state index contributed by atoms with van der Waals surface area (Å²) in [6.45, 7) is 2.23. The van der Waals surface area contributed by atoms with E-state index in [9.17, 15) is 14.7 Å².